The van der Waals surface area contributed by atoms with Gasteiger partial charge in [-0.1, -0.05) is 0 Å². The number of fused-ring (bicyclic) bond motifs is 1. The van der Waals surface area contributed by atoms with Crippen molar-refractivity contribution in [3.8, 4) is 45.8 Å². The third kappa shape index (κ3) is 6.13. The van der Waals surface area contributed by atoms with Gasteiger partial charge in [0.2, 0.25) is 23.2 Å². The summed E-state index contributed by atoms with van der Waals surface area (Å²) in [6, 6.07) is 5.29. The number of phenols is 2. The maximum Gasteiger partial charge on any atom is 0.239 e. The zero-order valence-electron chi connectivity index (χ0n) is 25.5. The highest BCUT2D eigenvalue weighted by Crippen LogP contribution is 2.45. The van der Waals surface area contributed by atoms with Crippen LogP contribution in [0.5, 0.6) is 34.5 Å². The van der Waals surface area contributed by atoms with Gasteiger partial charge in [0.25, 0.3) is 0 Å². The lowest BCUT2D eigenvalue weighted by molar-refractivity contribution is -0.354. The first-order chi connectivity index (χ1) is 22.4. The van der Waals surface area contributed by atoms with Crippen LogP contribution in [0.25, 0.3) is 22.3 Å². The third-order valence-corrected chi connectivity index (χ3v) is 8.05. The number of aliphatic hydroxyl groups is 6. The lowest BCUT2D eigenvalue weighted by Crippen LogP contribution is -2.64. The van der Waals surface area contributed by atoms with E-state index >= 15 is 0 Å². The van der Waals surface area contributed by atoms with Gasteiger partial charge in [0.05, 0.1) is 34.0 Å². The Morgan fingerprint density at radius 3 is 2.13 bits per heavy atom. The molecule has 8 N–H and O–H groups in total. The zero-order chi connectivity index (χ0) is 34.3. The maximum atomic E-state index is 13.6. The van der Waals surface area contributed by atoms with Gasteiger partial charge >= 0.3 is 0 Å². The van der Waals surface area contributed by atoms with E-state index in [1.54, 1.807) is 0 Å². The van der Waals surface area contributed by atoms with Gasteiger partial charge in [-0.25, -0.2) is 0 Å². The van der Waals surface area contributed by atoms with Gasteiger partial charge in [-0.3, -0.25) is 4.79 Å². The summed E-state index contributed by atoms with van der Waals surface area (Å²) in [5.74, 6) is -1.96. The Hall–Kier alpha value is -3.91. The van der Waals surface area contributed by atoms with Crippen molar-refractivity contribution >= 4 is 11.0 Å². The fraction of sp³-hybridized carbons (Fsp3) is 0.500. The Balaban J connectivity index is 1.59. The van der Waals surface area contributed by atoms with E-state index in [2.05, 4.69) is 0 Å². The van der Waals surface area contributed by atoms with Gasteiger partial charge in [0.15, 0.2) is 41.2 Å². The number of benzene rings is 2. The minimum Gasteiger partial charge on any atom is -0.504 e. The second-order valence-corrected chi connectivity index (χ2v) is 10.9. The Morgan fingerprint density at radius 1 is 0.787 bits per heavy atom. The van der Waals surface area contributed by atoms with E-state index in [1.807, 2.05) is 0 Å². The highest BCUT2D eigenvalue weighted by Gasteiger charge is 2.51. The van der Waals surface area contributed by atoms with Crippen LogP contribution in [-0.4, -0.2) is 130 Å². The zero-order valence-corrected chi connectivity index (χ0v) is 25.5. The van der Waals surface area contributed by atoms with Crippen molar-refractivity contribution in [1.29, 1.82) is 0 Å². The van der Waals surface area contributed by atoms with E-state index in [4.69, 9.17) is 37.6 Å². The minimum atomic E-state index is -1.83. The number of methoxy groups -OCH3 is 3. The standard InChI is InChI=1S/C30H36O17/c1-10-18(33)22(37)24(39)29(43-10)47-28-23(38)19(34)16(9-31)46-30(28)45-15-8-14-17(20(35)26(15)41-3)21(36)27(42-4)25(44-14)11-5-6-12(32)13(7-11)40-2/h5-8,10,16,18-19,22-24,28-35,37-39H,9H2,1-4H3. The van der Waals surface area contributed by atoms with Crippen molar-refractivity contribution in [2.45, 2.75) is 68.3 Å². The third-order valence-electron chi connectivity index (χ3n) is 8.05. The average molecular weight is 669 g/mol. The molecule has 3 heterocycles. The molecule has 2 fully saturated rings. The van der Waals surface area contributed by atoms with Crippen LogP contribution >= 0.6 is 0 Å². The molecule has 2 aliphatic rings. The van der Waals surface area contributed by atoms with Gasteiger partial charge in [-0.05, 0) is 25.1 Å². The van der Waals surface area contributed by atoms with E-state index in [0.29, 0.717) is 0 Å². The highest BCUT2D eigenvalue weighted by molar-refractivity contribution is 5.91. The molecule has 3 aromatic rings. The highest BCUT2D eigenvalue weighted by atomic mass is 16.8. The molecule has 258 valence electrons. The first-order valence-corrected chi connectivity index (χ1v) is 14.3. The Labute approximate surface area is 266 Å². The van der Waals surface area contributed by atoms with Gasteiger partial charge in [-0.2, -0.15) is 0 Å². The summed E-state index contributed by atoms with van der Waals surface area (Å²) >= 11 is 0. The molecule has 47 heavy (non-hydrogen) atoms. The number of aliphatic hydroxyl groups excluding tert-OH is 6. The number of ether oxygens (including phenoxy) is 7. The van der Waals surface area contributed by atoms with Gasteiger partial charge < -0.3 is 78.4 Å². The van der Waals surface area contributed by atoms with Crippen LogP contribution in [0.2, 0.25) is 0 Å². The van der Waals surface area contributed by atoms with E-state index < -0.39 is 84.9 Å². The lowest BCUT2D eigenvalue weighted by Gasteiger charge is -2.45. The van der Waals surface area contributed by atoms with E-state index in [1.165, 1.54) is 39.3 Å². The van der Waals surface area contributed by atoms with Gasteiger partial charge in [0, 0.05) is 11.6 Å². The second kappa shape index (κ2) is 13.7. The fourth-order valence-electron chi connectivity index (χ4n) is 5.46. The normalized spacial score (nSPS) is 31.0. The molecular weight excluding hydrogens is 632 g/mol. The molecular formula is C30H36O17. The minimum absolute atomic E-state index is 0.0667. The Bertz CT molecular complexity index is 1640. The van der Waals surface area contributed by atoms with Crippen LogP contribution < -0.4 is 24.4 Å². The fourth-order valence-corrected chi connectivity index (χ4v) is 5.46. The summed E-state index contributed by atoms with van der Waals surface area (Å²) in [7, 11) is 3.71. The Kier molecular flexibility index (Phi) is 10.0. The molecule has 0 saturated carbocycles. The summed E-state index contributed by atoms with van der Waals surface area (Å²) in [5.41, 5.74) is -0.783. The number of phenolic OH excluding ortho intramolecular Hbond substituents is 2. The van der Waals surface area contributed by atoms with Crippen molar-refractivity contribution in [3.05, 3.63) is 34.5 Å². The first kappa shape index (κ1) is 34.4. The lowest BCUT2D eigenvalue weighted by atomic mass is 9.97. The topological polar surface area (TPSA) is 257 Å². The summed E-state index contributed by atoms with van der Waals surface area (Å²) in [6.45, 7) is 0.631. The molecule has 10 unspecified atom stereocenters. The molecule has 10 atom stereocenters. The average Bonchev–Trinajstić information content (AvgIpc) is 3.05. The summed E-state index contributed by atoms with van der Waals surface area (Å²) in [4.78, 5) is 13.6. The SMILES string of the molecule is COc1cc(-c2oc3cc(OC4OC(CO)C(O)C(O)C4OC4OC(C)C(O)C(O)C4O)c(OC)c(O)c3c(=O)c2OC)ccc1O. The second-order valence-electron chi connectivity index (χ2n) is 10.9. The van der Waals surface area contributed by atoms with Crippen molar-refractivity contribution in [2.75, 3.05) is 27.9 Å². The van der Waals surface area contributed by atoms with E-state index in [9.17, 15) is 45.6 Å². The van der Waals surface area contributed by atoms with Crippen LogP contribution in [0.3, 0.4) is 0 Å². The number of rotatable bonds is 9. The van der Waals surface area contributed by atoms with Gasteiger partial charge in [-0.15, -0.1) is 0 Å². The maximum absolute atomic E-state index is 13.6. The molecule has 0 aliphatic carbocycles. The number of aromatic hydroxyl groups is 2. The molecule has 0 radical (unpaired) electrons. The predicted molar refractivity (Wildman–Crippen MR) is 157 cm³/mol. The molecule has 1 aromatic heterocycles. The van der Waals surface area contributed by atoms with Gasteiger partial charge in [0.1, 0.15) is 47.6 Å². The molecule has 2 saturated heterocycles. The molecule has 2 aromatic carbocycles. The smallest absolute Gasteiger partial charge is 0.239 e. The van der Waals surface area contributed by atoms with Crippen molar-refractivity contribution in [2.24, 2.45) is 0 Å². The number of hydrogen-bond acceptors (Lipinski definition) is 17. The Morgan fingerprint density at radius 2 is 1.49 bits per heavy atom. The molecule has 5 rings (SSSR count). The molecule has 0 amide bonds. The molecule has 2 aliphatic heterocycles. The van der Waals surface area contributed by atoms with Crippen molar-refractivity contribution in [3.63, 3.8) is 0 Å². The summed E-state index contributed by atoms with van der Waals surface area (Å²) in [5, 5.41) is 83.0. The van der Waals surface area contributed by atoms with Crippen LogP contribution in [-0.2, 0) is 14.2 Å². The molecule has 17 nitrogen and oxygen atoms in total. The van der Waals surface area contributed by atoms with Crippen LogP contribution in [0, 0.1) is 0 Å². The molecule has 17 heteroatoms. The van der Waals surface area contributed by atoms with Crippen molar-refractivity contribution < 1.29 is 78.4 Å². The van der Waals surface area contributed by atoms with Crippen LogP contribution in [0.4, 0.5) is 0 Å². The van der Waals surface area contributed by atoms with E-state index in [0.717, 1.165) is 13.2 Å². The van der Waals surface area contributed by atoms with Crippen LogP contribution in [0.15, 0.2) is 33.5 Å². The van der Waals surface area contributed by atoms with Crippen LogP contribution in [0.1, 0.15) is 6.92 Å². The summed E-state index contributed by atoms with van der Waals surface area (Å²) in [6.07, 6.45) is -16.0. The number of hydrogen-bond donors (Lipinski definition) is 8. The first-order valence-electron chi connectivity index (χ1n) is 14.3. The molecule has 0 bridgehead atoms. The van der Waals surface area contributed by atoms with E-state index in [-0.39, 0.29) is 45.3 Å². The van der Waals surface area contributed by atoms with Crippen molar-refractivity contribution in [1.82, 2.24) is 0 Å². The molecule has 0 spiro atoms. The summed E-state index contributed by atoms with van der Waals surface area (Å²) < 4.78 is 44.7. The largest absolute Gasteiger partial charge is 0.504 e. The monoisotopic (exact) mass is 668 g/mol. The quantitative estimate of drug-likeness (QED) is 0.135. The predicted octanol–water partition coefficient (Wildman–Crippen LogP) is -1.07.